The van der Waals surface area contributed by atoms with Gasteiger partial charge in [-0.25, -0.2) is 9.78 Å². The minimum Gasteiger partial charge on any atom is -0.452 e. The molecule has 1 atom stereocenters. The number of carbonyl (C=O) groups excluding carboxylic acids is 1. The number of imidazole rings is 1. The van der Waals surface area contributed by atoms with Gasteiger partial charge in [0, 0.05) is 76.2 Å². The van der Waals surface area contributed by atoms with Gasteiger partial charge in [-0.2, -0.15) is 5.10 Å². The molecule has 4 heterocycles. The second-order valence-corrected chi connectivity index (χ2v) is 8.95. The summed E-state index contributed by atoms with van der Waals surface area (Å²) in [5.41, 5.74) is 4.25. The van der Waals surface area contributed by atoms with Crippen molar-refractivity contribution in [1.82, 2.24) is 29.5 Å². The van der Waals surface area contributed by atoms with Crippen LogP contribution in [0.1, 0.15) is 24.7 Å². The molecule has 1 fully saturated rings. The number of anilines is 1. The molecule has 1 N–H and O–H groups in total. The molecule has 9 heteroatoms. The number of hydrogen-bond donors (Lipinski definition) is 1. The largest absolute Gasteiger partial charge is 0.452 e. The monoisotopic (exact) mass is 451 g/mol. The molecular formula is C24H33N7O2. The van der Waals surface area contributed by atoms with Crippen molar-refractivity contribution >= 4 is 22.8 Å². The van der Waals surface area contributed by atoms with Gasteiger partial charge in [-0.05, 0) is 38.0 Å². The Labute approximate surface area is 194 Å². The maximum absolute atomic E-state index is 12.5. The average Bonchev–Trinajstić information content (AvgIpc) is 3.49. The van der Waals surface area contributed by atoms with Gasteiger partial charge in [0.2, 0.25) is 0 Å². The van der Waals surface area contributed by atoms with Gasteiger partial charge in [0.1, 0.15) is 5.82 Å². The van der Waals surface area contributed by atoms with E-state index >= 15 is 0 Å². The summed E-state index contributed by atoms with van der Waals surface area (Å²) in [5.74, 6) is 1.08. The van der Waals surface area contributed by atoms with E-state index in [0.29, 0.717) is 0 Å². The molecule has 9 nitrogen and oxygen atoms in total. The van der Waals surface area contributed by atoms with Crippen molar-refractivity contribution in [2.45, 2.75) is 45.3 Å². The van der Waals surface area contributed by atoms with Crippen molar-refractivity contribution in [1.29, 1.82) is 0 Å². The highest BCUT2D eigenvalue weighted by Crippen LogP contribution is 2.36. The van der Waals surface area contributed by atoms with E-state index in [1.807, 2.05) is 23.1 Å². The van der Waals surface area contributed by atoms with Crippen molar-refractivity contribution in [2.75, 3.05) is 44.7 Å². The number of benzene rings is 1. The maximum atomic E-state index is 12.5. The number of methoxy groups -OCH3 is 1. The van der Waals surface area contributed by atoms with Crippen molar-refractivity contribution < 1.29 is 9.53 Å². The lowest BCUT2D eigenvalue weighted by Gasteiger charge is -2.34. The van der Waals surface area contributed by atoms with Gasteiger partial charge in [-0.3, -0.25) is 14.5 Å². The van der Waals surface area contributed by atoms with E-state index in [-0.39, 0.29) is 12.1 Å². The molecule has 3 aromatic rings. The lowest BCUT2D eigenvalue weighted by Crippen LogP contribution is -2.44. The first-order valence-corrected chi connectivity index (χ1v) is 11.9. The molecular weight excluding hydrogens is 418 g/mol. The minimum atomic E-state index is -0.306. The third-order valence-corrected chi connectivity index (χ3v) is 6.94. The number of nitrogens with zero attached hydrogens (tertiary/aromatic N) is 6. The van der Waals surface area contributed by atoms with Crippen LogP contribution in [0.5, 0.6) is 0 Å². The van der Waals surface area contributed by atoms with Crippen molar-refractivity contribution in [3.63, 3.8) is 0 Å². The zero-order chi connectivity index (χ0) is 22.8. The molecule has 0 saturated carbocycles. The van der Waals surface area contributed by atoms with Crippen molar-refractivity contribution in [3.8, 4) is 0 Å². The first-order chi connectivity index (χ1) is 16.2. The molecule has 1 amide bonds. The van der Waals surface area contributed by atoms with Gasteiger partial charge in [-0.1, -0.05) is 0 Å². The van der Waals surface area contributed by atoms with Crippen molar-refractivity contribution in [2.24, 2.45) is 0 Å². The number of rotatable bonds is 6. The number of nitrogens with one attached hydrogen (secondary N) is 1. The fourth-order valence-corrected chi connectivity index (χ4v) is 5.12. The van der Waals surface area contributed by atoms with Crippen LogP contribution >= 0.6 is 0 Å². The molecule has 1 aromatic carbocycles. The number of ether oxygens (including phenoxy) is 1. The fourth-order valence-electron chi connectivity index (χ4n) is 5.12. The standard InChI is InChI=1S/C24H33N7O2/c1-18-4-5-19-20(31(18)24(32)33-2)6-7-21-23(19)27-22(8-13-29-12-3-9-26-29)30(21)17-16-28-14-10-25-11-15-28/h3,6-7,9,12,18,25H,4-5,8,10-11,13-17H2,1-2H3/t18-/m0/s1. The lowest BCUT2D eigenvalue weighted by atomic mass is 9.96. The summed E-state index contributed by atoms with van der Waals surface area (Å²) < 4.78 is 9.42. The summed E-state index contributed by atoms with van der Waals surface area (Å²) in [4.78, 5) is 22.0. The molecule has 0 radical (unpaired) electrons. The van der Waals surface area contributed by atoms with E-state index in [1.165, 1.54) is 7.11 Å². The Hall–Kier alpha value is -2.91. The number of aromatic nitrogens is 4. The molecule has 5 rings (SSSR count). The first kappa shape index (κ1) is 21.9. The summed E-state index contributed by atoms with van der Waals surface area (Å²) in [5, 5.41) is 7.79. The average molecular weight is 452 g/mol. The van der Waals surface area contributed by atoms with Gasteiger partial charge in [0.05, 0.1) is 23.8 Å². The Kier molecular flexibility index (Phi) is 6.32. The van der Waals surface area contributed by atoms with Crippen LogP contribution in [-0.4, -0.2) is 76.2 Å². The predicted molar refractivity (Wildman–Crippen MR) is 128 cm³/mol. The van der Waals surface area contributed by atoms with Crippen LogP contribution in [0.15, 0.2) is 30.6 Å². The molecule has 176 valence electrons. The van der Waals surface area contributed by atoms with E-state index in [4.69, 9.17) is 9.72 Å². The minimum absolute atomic E-state index is 0.108. The van der Waals surface area contributed by atoms with Crippen LogP contribution in [-0.2, 0) is 30.7 Å². The van der Waals surface area contributed by atoms with Crippen molar-refractivity contribution in [3.05, 3.63) is 42.0 Å². The second kappa shape index (κ2) is 9.52. The lowest BCUT2D eigenvalue weighted by molar-refractivity contribution is 0.175. The summed E-state index contributed by atoms with van der Waals surface area (Å²) >= 11 is 0. The van der Waals surface area contributed by atoms with E-state index < -0.39 is 0 Å². The molecule has 0 unspecified atom stereocenters. The Morgan fingerprint density at radius 1 is 1.21 bits per heavy atom. The van der Waals surface area contributed by atoms with Gasteiger partial charge < -0.3 is 14.6 Å². The Bertz CT molecular complexity index is 1100. The van der Waals surface area contributed by atoms with E-state index in [0.717, 1.165) is 93.2 Å². The SMILES string of the molecule is COC(=O)N1c2ccc3c(nc(CCn4cccn4)n3CCN3CCNCC3)c2CC[C@@H]1C. The van der Waals surface area contributed by atoms with Gasteiger partial charge in [-0.15, -0.1) is 0 Å². The van der Waals surface area contributed by atoms with Crippen LogP contribution in [0.2, 0.25) is 0 Å². The molecule has 2 aliphatic rings. The number of hydrogen-bond acceptors (Lipinski definition) is 6. The molecule has 0 bridgehead atoms. The third kappa shape index (κ3) is 4.35. The first-order valence-electron chi connectivity index (χ1n) is 11.9. The molecule has 1 saturated heterocycles. The van der Waals surface area contributed by atoms with Gasteiger partial charge in [0.25, 0.3) is 0 Å². The quantitative estimate of drug-likeness (QED) is 0.619. The summed E-state index contributed by atoms with van der Waals surface area (Å²) in [7, 11) is 1.44. The van der Waals surface area contributed by atoms with Crippen LogP contribution in [0.4, 0.5) is 10.5 Å². The predicted octanol–water partition coefficient (Wildman–Crippen LogP) is 2.29. The highest BCUT2D eigenvalue weighted by Gasteiger charge is 2.31. The van der Waals surface area contributed by atoms with E-state index in [9.17, 15) is 4.79 Å². The van der Waals surface area contributed by atoms with Crippen LogP contribution in [0.25, 0.3) is 11.0 Å². The topological polar surface area (TPSA) is 80.5 Å². The van der Waals surface area contributed by atoms with Gasteiger partial charge in [0.15, 0.2) is 0 Å². The van der Waals surface area contributed by atoms with Gasteiger partial charge >= 0.3 is 6.09 Å². The Morgan fingerprint density at radius 2 is 2.06 bits per heavy atom. The number of carbonyl (C=O) groups is 1. The third-order valence-electron chi connectivity index (χ3n) is 6.94. The number of fused-ring (bicyclic) bond motifs is 3. The number of piperazine rings is 1. The fraction of sp³-hybridized carbons (Fsp3) is 0.542. The summed E-state index contributed by atoms with van der Waals surface area (Å²) in [6.45, 7) is 9.03. The number of aryl methyl sites for hydroxylation is 3. The smallest absolute Gasteiger partial charge is 0.414 e. The van der Waals surface area contributed by atoms with Crippen LogP contribution in [0, 0.1) is 0 Å². The zero-order valence-corrected chi connectivity index (χ0v) is 19.5. The highest BCUT2D eigenvalue weighted by molar-refractivity contribution is 5.95. The molecule has 0 spiro atoms. The Balaban J connectivity index is 1.51. The zero-order valence-electron chi connectivity index (χ0n) is 19.5. The van der Waals surface area contributed by atoms with Crippen LogP contribution < -0.4 is 10.2 Å². The number of amides is 1. The molecule has 2 aromatic heterocycles. The van der Waals surface area contributed by atoms with E-state index in [1.54, 1.807) is 4.90 Å². The summed E-state index contributed by atoms with van der Waals surface area (Å²) in [6, 6.07) is 6.26. The van der Waals surface area contributed by atoms with E-state index in [2.05, 4.69) is 38.9 Å². The maximum Gasteiger partial charge on any atom is 0.414 e. The normalized spacial score (nSPS) is 19.1. The highest BCUT2D eigenvalue weighted by atomic mass is 16.5. The molecule has 2 aliphatic heterocycles. The molecule has 33 heavy (non-hydrogen) atoms. The second-order valence-electron chi connectivity index (χ2n) is 8.95. The van der Waals surface area contributed by atoms with Crippen LogP contribution in [0.3, 0.4) is 0 Å². The summed E-state index contributed by atoms with van der Waals surface area (Å²) in [6.07, 6.45) is 6.12. The Morgan fingerprint density at radius 3 is 2.82 bits per heavy atom. The molecule has 0 aliphatic carbocycles.